The lowest BCUT2D eigenvalue weighted by Crippen LogP contribution is -3.06. The number of ether oxygens (including phenoxy) is 1. The quantitative estimate of drug-likeness (QED) is 0.403. The van der Waals surface area contributed by atoms with Crippen LogP contribution < -0.4 is 9.64 Å². The third-order valence-corrected chi connectivity index (χ3v) is 5.34. The largest absolute Gasteiger partial charge is 0.507 e. The Bertz CT molecular complexity index is 1010. The topological polar surface area (TPSA) is 71.3 Å². The number of aliphatic hydroxyl groups is 1. The van der Waals surface area contributed by atoms with E-state index in [4.69, 9.17) is 4.74 Å². The van der Waals surface area contributed by atoms with Gasteiger partial charge in [-0.05, 0) is 55.3 Å². The van der Waals surface area contributed by atoms with Gasteiger partial charge in [-0.2, -0.15) is 0 Å². The fourth-order valence-electron chi connectivity index (χ4n) is 3.75. The predicted octanol–water partition coefficient (Wildman–Crippen LogP) is 2.10. The van der Waals surface area contributed by atoms with Gasteiger partial charge in [-0.3, -0.25) is 9.59 Å². The molecule has 3 rings (SSSR count). The van der Waals surface area contributed by atoms with E-state index in [1.54, 1.807) is 37.3 Å². The van der Waals surface area contributed by atoms with E-state index in [0.29, 0.717) is 42.1 Å². The van der Waals surface area contributed by atoms with Gasteiger partial charge in [0.05, 0.1) is 45.4 Å². The summed E-state index contributed by atoms with van der Waals surface area (Å²) >= 11 is 0. The van der Waals surface area contributed by atoms with E-state index in [1.807, 2.05) is 21.0 Å². The summed E-state index contributed by atoms with van der Waals surface area (Å²) in [7, 11) is 3.90. The summed E-state index contributed by atoms with van der Waals surface area (Å²) in [6, 6.07) is 10.0. The number of rotatable bonds is 7. The summed E-state index contributed by atoms with van der Waals surface area (Å²) in [5.74, 6) is -1.41. The van der Waals surface area contributed by atoms with Gasteiger partial charge in [0.1, 0.15) is 17.3 Å². The number of benzene rings is 2. The molecule has 0 saturated carbocycles. The molecule has 6 nitrogen and oxygen atoms in total. The van der Waals surface area contributed by atoms with Crippen LogP contribution in [0.1, 0.15) is 29.7 Å². The van der Waals surface area contributed by atoms with Crippen molar-refractivity contribution in [3.63, 3.8) is 0 Å². The molecular formula is C24H28FN2O4+. The molecule has 2 N–H and O–H groups in total. The molecule has 0 bridgehead atoms. The van der Waals surface area contributed by atoms with Gasteiger partial charge in [0.2, 0.25) is 0 Å². The van der Waals surface area contributed by atoms with Crippen molar-refractivity contribution in [2.75, 3.05) is 33.8 Å². The fraction of sp³-hybridized carbons (Fsp3) is 0.333. The first kappa shape index (κ1) is 22.5. The maximum atomic E-state index is 13.5. The summed E-state index contributed by atoms with van der Waals surface area (Å²) in [6.07, 6.45) is 0. The number of carbonyl (C=O) groups is 2. The van der Waals surface area contributed by atoms with Gasteiger partial charge in [0.15, 0.2) is 0 Å². The first-order valence-corrected chi connectivity index (χ1v) is 10.3. The Morgan fingerprint density at radius 3 is 2.42 bits per heavy atom. The van der Waals surface area contributed by atoms with E-state index in [0.717, 1.165) is 4.90 Å². The van der Waals surface area contributed by atoms with E-state index in [-0.39, 0.29) is 11.3 Å². The van der Waals surface area contributed by atoms with Gasteiger partial charge in [-0.25, -0.2) is 4.39 Å². The predicted molar refractivity (Wildman–Crippen MR) is 115 cm³/mol. The Kier molecular flexibility index (Phi) is 6.75. The van der Waals surface area contributed by atoms with Crippen LogP contribution >= 0.6 is 0 Å². The van der Waals surface area contributed by atoms with Crippen LogP contribution in [-0.4, -0.2) is 55.5 Å². The standard InChI is InChI=1S/C24H27FN2O4/c1-5-31-18-10-11-19(15(2)14-18)22(28)20-21(16-6-8-17(25)9-7-16)27(13-12-26(3)4)24(30)23(20)29/h6-11,14,21,28H,5,12-13H2,1-4H3/p+1/t21-/m0/s1. The molecule has 1 fully saturated rings. The molecule has 1 aliphatic rings. The van der Waals surface area contributed by atoms with E-state index >= 15 is 0 Å². The summed E-state index contributed by atoms with van der Waals surface area (Å²) in [4.78, 5) is 28.4. The molecule has 1 saturated heterocycles. The monoisotopic (exact) mass is 427 g/mol. The number of nitrogens with zero attached hydrogens (tertiary/aromatic N) is 1. The Morgan fingerprint density at radius 2 is 1.84 bits per heavy atom. The minimum atomic E-state index is -0.786. The van der Waals surface area contributed by atoms with Crippen molar-refractivity contribution in [2.24, 2.45) is 0 Å². The van der Waals surface area contributed by atoms with Crippen molar-refractivity contribution < 1.29 is 28.7 Å². The number of likely N-dealkylation sites (N-methyl/N-ethyl adjacent to an activating group) is 1. The van der Waals surface area contributed by atoms with Crippen molar-refractivity contribution in [1.29, 1.82) is 0 Å². The second-order valence-electron chi connectivity index (χ2n) is 7.91. The average molecular weight is 427 g/mol. The number of Topliss-reactive ketones (excluding diaryl/α,β-unsaturated/α-hetero) is 1. The first-order chi connectivity index (χ1) is 14.7. The van der Waals surface area contributed by atoms with Gasteiger partial charge >= 0.3 is 0 Å². The highest BCUT2D eigenvalue weighted by Gasteiger charge is 2.46. The molecule has 1 heterocycles. The third-order valence-electron chi connectivity index (χ3n) is 5.34. The normalized spacial score (nSPS) is 18.1. The lowest BCUT2D eigenvalue weighted by Gasteiger charge is -2.25. The Morgan fingerprint density at radius 1 is 1.16 bits per heavy atom. The van der Waals surface area contributed by atoms with E-state index < -0.39 is 23.5 Å². The molecule has 0 unspecified atom stereocenters. The lowest BCUT2D eigenvalue weighted by molar-refractivity contribution is -0.857. The van der Waals surface area contributed by atoms with E-state index in [9.17, 15) is 19.1 Å². The highest BCUT2D eigenvalue weighted by molar-refractivity contribution is 6.46. The summed E-state index contributed by atoms with van der Waals surface area (Å²) < 4.78 is 19.0. The molecule has 0 spiro atoms. The minimum Gasteiger partial charge on any atom is -0.507 e. The molecule has 31 heavy (non-hydrogen) atoms. The summed E-state index contributed by atoms with van der Waals surface area (Å²) in [6.45, 7) is 5.13. The maximum absolute atomic E-state index is 13.5. The number of likely N-dealkylation sites (tertiary alicyclic amines) is 1. The van der Waals surface area contributed by atoms with Crippen LogP contribution in [0.3, 0.4) is 0 Å². The zero-order valence-corrected chi connectivity index (χ0v) is 18.2. The van der Waals surface area contributed by atoms with E-state index in [1.165, 1.54) is 17.0 Å². The van der Waals surface area contributed by atoms with Gasteiger partial charge in [0, 0.05) is 5.56 Å². The summed E-state index contributed by atoms with van der Waals surface area (Å²) in [5, 5.41) is 11.2. The third kappa shape index (κ3) is 4.61. The number of halogens is 1. The zero-order valence-electron chi connectivity index (χ0n) is 18.2. The highest BCUT2D eigenvalue weighted by Crippen LogP contribution is 2.39. The molecule has 1 amide bonds. The van der Waals surface area contributed by atoms with Crippen LogP contribution in [0, 0.1) is 12.7 Å². The first-order valence-electron chi connectivity index (χ1n) is 10.3. The molecule has 164 valence electrons. The van der Waals surface area contributed by atoms with Crippen molar-refractivity contribution in [1.82, 2.24) is 4.90 Å². The van der Waals surface area contributed by atoms with Crippen LogP contribution in [0.2, 0.25) is 0 Å². The molecule has 1 atom stereocenters. The number of aliphatic hydroxyl groups excluding tert-OH is 1. The number of amides is 1. The van der Waals surface area contributed by atoms with Crippen LogP contribution in [0.5, 0.6) is 5.75 Å². The number of aryl methyl sites for hydroxylation is 1. The van der Waals surface area contributed by atoms with Crippen LogP contribution in [-0.2, 0) is 9.59 Å². The zero-order chi connectivity index (χ0) is 22.7. The van der Waals surface area contributed by atoms with E-state index in [2.05, 4.69) is 0 Å². The van der Waals surface area contributed by atoms with Crippen LogP contribution in [0.25, 0.3) is 5.76 Å². The van der Waals surface area contributed by atoms with Crippen LogP contribution in [0.15, 0.2) is 48.0 Å². The summed E-state index contributed by atoms with van der Waals surface area (Å²) in [5.41, 5.74) is 1.74. The van der Waals surface area contributed by atoms with Crippen molar-refractivity contribution in [3.8, 4) is 5.75 Å². The molecular weight excluding hydrogens is 399 g/mol. The number of ketones is 1. The smallest absolute Gasteiger partial charge is 0.295 e. The number of carbonyl (C=O) groups excluding carboxylic acids is 2. The molecule has 7 heteroatoms. The molecule has 0 aromatic heterocycles. The van der Waals surface area contributed by atoms with Crippen LogP contribution in [0.4, 0.5) is 4.39 Å². The molecule has 0 aliphatic carbocycles. The average Bonchev–Trinajstić information content (AvgIpc) is 2.97. The maximum Gasteiger partial charge on any atom is 0.295 e. The van der Waals surface area contributed by atoms with Crippen molar-refractivity contribution >= 4 is 17.4 Å². The number of hydrogen-bond acceptors (Lipinski definition) is 4. The van der Waals surface area contributed by atoms with Crippen molar-refractivity contribution in [2.45, 2.75) is 19.9 Å². The Hall–Kier alpha value is -3.19. The second-order valence-corrected chi connectivity index (χ2v) is 7.91. The molecule has 2 aromatic carbocycles. The Labute approximate surface area is 181 Å². The SMILES string of the molecule is CCOc1ccc(C(O)=C2C(=O)C(=O)N(CC[NH+](C)C)[C@H]2c2ccc(F)cc2)c(C)c1. The molecule has 2 aromatic rings. The van der Waals surface area contributed by atoms with Gasteiger partial charge < -0.3 is 19.6 Å². The minimum absolute atomic E-state index is 0.0117. The number of hydrogen-bond donors (Lipinski definition) is 2. The highest BCUT2D eigenvalue weighted by atomic mass is 19.1. The molecule has 0 radical (unpaired) electrons. The van der Waals surface area contributed by atoms with Gasteiger partial charge in [-0.15, -0.1) is 0 Å². The second kappa shape index (κ2) is 9.31. The lowest BCUT2D eigenvalue weighted by atomic mass is 9.94. The van der Waals surface area contributed by atoms with Crippen molar-refractivity contribution in [3.05, 3.63) is 70.5 Å². The van der Waals surface area contributed by atoms with Gasteiger partial charge in [-0.1, -0.05) is 12.1 Å². The number of quaternary nitrogens is 1. The Balaban J connectivity index is 2.13. The molecule has 1 aliphatic heterocycles. The fourth-order valence-corrected chi connectivity index (χ4v) is 3.75. The number of nitrogens with one attached hydrogen (secondary N) is 1. The van der Waals surface area contributed by atoms with Gasteiger partial charge in [0.25, 0.3) is 11.7 Å².